The molecule has 1 aliphatic rings. The Bertz CT molecular complexity index is 1060. The van der Waals surface area contributed by atoms with Crippen LogP contribution < -0.4 is 10.9 Å². The summed E-state index contributed by atoms with van der Waals surface area (Å²) in [5.41, 5.74) is 8.01. The lowest BCUT2D eigenvalue weighted by Gasteiger charge is -2.12. The van der Waals surface area contributed by atoms with Crippen molar-refractivity contribution in [2.45, 2.75) is 43.4 Å². The molecule has 0 atom stereocenters. The predicted molar refractivity (Wildman–Crippen MR) is 115 cm³/mol. The van der Waals surface area contributed by atoms with E-state index >= 15 is 0 Å². The van der Waals surface area contributed by atoms with Gasteiger partial charge in [0.05, 0.1) is 5.02 Å². The number of benzene rings is 2. The Kier molecular flexibility index (Phi) is 6.41. The number of sulfonamides is 1. The number of rotatable bonds is 7. The topological polar surface area (TPSA) is 127 Å². The Morgan fingerprint density at radius 1 is 1.10 bits per heavy atom. The van der Waals surface area contributed by atoms with Gasteiger partial charge in [-0.3, -0.25) is 4.79 Å². The normalized spacial score (nSPS) is 14.8. The summed E-state index contributed by atoms with van der Waals surface area (Å²) in [6.45, 7) is 0. The van der Waals surface area contributed by atoms with Gasteiger partial charge < -0.3 is 11.1 Å². The molecule has 29 heavy (non-hydrogen) atoms. The minimum absolute atomic E-state index is 0.0466. The molecule has 3 rings (SSSR count). The third-order valence-electron chi connectivity index (χ3n) is 5.42. The zero-order chi connectivity index (χ0) is 21.2. The smallest absolute Gasteiger partial charge is 0.239 e. The van der Waals surface area contributed by atoms with E-state index in [0.29, 0.717) is 34.9 Å². The van der Waals surface area contributed by atoms with Gasteiger partial charge in [0, 0.05) is 28.1 Å². The lowest BCUT2D eigenvalue weighted by molar-refractivity contribution is 0.103. The molecule has 0 heterocycles. The standard InChI is InChI=1S/C21H24ClN3O3S/c22-17-9-7-15(12-20(17)29(25,27)28)21(26)14-6-8-16(19(24)11-14)18(23)10-5-13-3-1-2-4-13/h6-9,11-13,23H,1-5,10,24H2,(H2,25,27,28). The number of ketones is 1. The Balaban J connectivity index is 1.79. The molecule has 6 nitrogen and oxygen atoms in total. The van der Waals surface area contributed by atoms with Crippen molar-refractivity contribution >= 4 is 38.8 Å². The van der Waals surface area contributed by atoms with E-state index in [1.807, 2.05) is 0 Å². The molecule has 1 fully saturated rings. The van der Waals surface area contributed by atoms with Crippen molar-refractivity contribution in [3.05, 3.63) is 58.1 Å². The van der Waals surface area contributed by atoms with Crippen LogP contribution in [0.2, 0.25) is 5.02 Å². The number of hydrogen-bond acceptors (Lipinski definition) is 5. The Labute approximate surface area is 175 Å². The first-order chi connectivity index (χ1) is 13.7. The summed E-state index contributed by atoms with van der Waals surface area (Å²) in [6.07, 6.45) is 6.66. The van der Waals surface area contributed by atoms with Crippen LogP contribution >= 0.6 is 11.6 Å². The highest BCUT2D eigenvalue weighted by Gasteiger charge is 2.19. The van der Waals surface area contributed by atoms with Crippen LogP contribution in [0.25, 0.3) is 0 Å². The van der Waals surface area contributed by atoms with Crippen LogP contribution in [0.3, 0.4) is 0 Å². The number of nitrogen functional groups attached to an aromatic ring is 1. The number of primary sulfonamides is 1. The van der Waals surface area contributed by atoms with Gasteiger partial charge in [0.25, 0.3) is 0 Å². The van der Waals surface area contributed by atoms with Crippen LogP contribution in [-0.2, 0) is 10.0 Å². The summed E-state index contributed by atoms with van der Waals surface area (Å²) in [6, 6.07) is 8.72. The van der Waals surface area contributed by atoms with Crippen LogP contribution in [0.4, 0.5) is 5.69 Å². The first-order valence-electron chi connectivity index (χ1n) is 9.51. The maximum Gasteiger partial charge on any atom is 0.239 e. The molecule has 0 aromatic heterocycles. The fourth-order valence-corrected chi connectivity index (χ4v) is 4.86. The molecule has 0 saturated heterocycles. The van der Waals surface area contributed by atoms with Gasteiger partial charge in [-0.25, -0.2) is 13.6 Å². The van der Waals surface area contributed by atoms with Gasteiger partial charge in [0.1, 0.15) is 4.90 Å². The van der Waals surface area contributed by atoms with E-state index in [-0.39, 0.29) is 15.5 Å². The maximum absolute atomic E-state index is 12.8. The fourth-order valence-electron chi connectivity index (χ4n) is 3.79. The maximum atomic E-state index is 12.8. The van der Waals surface area contributed by atoms with Crippen molar-refractivity contribution in [3.63, 3.8) is 0 Å². The van der Waals surface area contributed by atoms with Gasteiger partial charge >= 0.3 is 0 Å². The number of nitrogens with two attached hydrogens (primary N) is 2. The van der Waals surface area contributed by atoms with Crippen LogP contribution in [0.5, 0.6) is 0 Å². The number of halogens is 1. The third-order valence-corrected chi connectivity index (χ3v) is 6.81. The van der Waals surface area contributed by atoms with E-state index in [9.17, 15) is 13.2 Å². The Morgan fingerprint density at radius 2 is 1.72 bits per heavy atom. The van der Waals surface area contributed by atoms with Gasteiger partial charge in [-0.1, -0.05) is 49.4 Å². The van der Waals surface area contributed by atoms with Crippen LogP contribution in [0, 0.1) is 11.3 Å². The molecule has 0 bridgehead atoms. The lowest BCUT2D eigenvalue weighted by Crippen LogP contribution is -2.14. The molecule has 8 heteroatoms. The quantitative estimate of drug-likeness (QED) is 0.344. The van der Waals surface area contributed by atoms with Crippen LogP contribution in [0.15, 0.2) is 41.3 Å². The average Bonchev–Trinajstić information content (AvgIpc) is 3.18. The van der Waals surface area contributed by atoms with E-state index in [1.54, 1.807) is 12.1 Å². The first kappa shape index (κ1) is 21.5. The average molecular weight is 434 g/mol. The first-order valence-corrected chi connectivity index (χ1v) is 11.4. The summed E-state index contributed by atoms with van der Waals surface area (Å²) in [7, 11) is -4.05. The molecule has 0 spiro atoms. The monoisotopic (exact) mass is 433 g/mol. The molecule has 0 unspecified atom stereocenters. The molecular formula is C21H24ClN3O3S. The highest BCUT2D eigenvalue weighted by molar-refractivity contribution is 7.89. The predicted octanol–water partition coefficient (Wildman–Crippen LogP) is 4.14. The highest BCUT2D eigenvalue weighted by atomic mass is 35.5. The molecule has 0 amide bonds. The van der Waals surface area contributed by atoms with E-state index in [2.05, 4.69) is 0 Å². The Morgan fingerprint density at radius 3 is 2.34 bits per heavy atom. The largest absolute Gasteiger partial charge is 0.398 e. The molecule has 2 aromatic rings. The molecule has 2 aromatic carbocycles. The summed E-state index contributed by atoms with van der Waals surface area (Å²) in [5.74, 6) is 0.289. The number of hydrogen-bond donors (Lipinski definition) is 3. The van der Waals surface area contributed by atoms with Crippen molar-refractivity contribution in [2.75, 3.05) is 5.73 Å². The molecule has 5 N–H and O–H groups in total. The molecule has 1 aliphatic carbocycles. The second-order valence-corrected chi connectivity index (χ2v) is 9.43. The Hall–Kier alpha value is -2.22. The van der Waals surface area contributed by atoms with E-state index in [4.69, 9.17) is 27.9 Å². The molecule has 154 valence electrons. The van der Waals surface area contributed by atoms with Crippen LogP contribution in [0.1, 0.15) is 60.0 Å². The summed E-state index contributed by atoms with van der Waals surface area (Å²) in [5, 5.41) is 13.4. The third kappa shape index (κ3) is 5.04. The fraction of sp³-hybridized carbons (Fsp3) is 0.333. The second kappa shape index (κ2) is 8.65. The molecular weight excluding hydrogens is 410 g/mol. The van der Waals surface area contributed by atoms with Crippen molar-refractivity contribution in [2.24, 2.45) is 11.1 Å². The number of anilines is 1. The van der Waals surface area contributed by atoms with Crippen molar-refractivity contribution in [1.29, 1.82) is 5.41 Å². The van der Waals surface area contributed by atoms with Crippen molar-refractivity contribution < 1.29 is 13.2 Å². The van der Waals surface area contributed by atoms with Gasteiger partial charge in [0.15, 0.2) is 5.78 Å². The van der Waals surface area contributed by atoms with E-state index in [1.165, 1.54) is 43.9 Å². The number of nitrogens with one attached hydrogen (secondary N) is 1. The van der Waals surface area contributed by atoms with Gasteiger partial charge in [-0.15, -0.1) is 0 Å². The summed E-state index contributed by atoms with van der Waals surface area (Å²) < 4.78 is 23.3. The van der Waals surface area contributed by atoms with Gasteiger partial charge in [0.2, 0.25) is 10.0 Å². The summed E-state index contributed by atoms with van der Waals surface area (Å²) in [4.78, 5) is 12.5. The van der Waals surface area contributed by atoms with Gasteiger partial charge in [-0.05, 0) is 43.0 Å². The molecule has 1 saturated carbocycles. The van der Waals surface area contributed by atoms with Crippen molar-refractivity contribution in [1.82, 2.24) is 0 Å². The summed E-state index contributed by atoms with van der Waals surface area (Å²) >= 11 is 5.88. The van der Waals surface area contributed by atoms with E-state index in [0.717, 1.165) is 12.5 Å². The van der Waals surface area contributed by atoms with E-state index < -0.39 is 15.8 Å². The minimum Gasteiger partial charge on any atom is -0.398 e. The highest BCUT2D eigenvalue weighted by Crippen LogP contribution is 2.30. The van der Waals surface area contributed by atoms with Crippen LogP contribution in [-0.4, -0.2) is 19.9 Å². The lowest BCUT2D eigenvalue weighted by atomic mass is 9.94. The number of carbonyl (C=O) groups is 1. The number of carbonyl (C=O) groups excluding carboxylic acids is 1. The second-order valence-electron chi connectivity index (χ2n) is 7.49. The molecule has 0 aliphatic heterocycles. The molecule has 0 radical (unpaired) electrons. The zero-order valence-corrected chi connectivity index (χ0v) is 17.5. The zero-order valence-electron chi connectivity index (χ0n) is 15.9. The van der Waals surface area contributed by atoms with Crippen molar-refractivity contribution in [3.8, 4) is 0 Å². The minimum atomic E-state index is -4.05. The SMILES string of the molecule is N=C(CCC1CCCC1)c1ccc(C(=O)c2ccc(Cl)c(S(N)(=O)=O)c2)cc1N. The van der Waals surface area contributed by atoms with Gasteiger partial charge in [-0.2, -0.15) is 0 Å².